The topological polar surface area (TPSA) is 26.3 Å². The Morgan fingerprint density at radius 3 is 2.40 bits per heavy atom. The van der Waals surface area contributed by atoms with Crippen molar-refractivity contribution < 1.29 is 9.53 Å². The number of fused-ring (bicyclic) bond motifs is 5. The minimum Gasteiger partial charge on any atom is -0.371 e. The zero-order valence-electron chi connectivity index (χ0n) is 9.61. The molecule has 0 aromatic carbocycles. The summed E-state index contributed by atoms with van der Waals surface area (Å²) in [5.74, 6) is 4.12. The standard InChI is InChI=1S/C13H20O2/c1-7(2)15-6-10(14)13-11-8-3-4-9(5-8)12(11)13/h7-9,11-13H,3-6H2,1-2H3. The molecule has 3 rings (SSSR count). The lowest BCUT2D eigenvalue weighted by Gasteiger charge is -2.09. The molecule has 0 N–H and O–H groups in total. The predicted molar refractivity (Wildman–Crippen MR) is 57.4 cm³/mol. The SMILES string of the molecule is CC(C)OCC(=O)C1C2C3CCC(C3)C12. The molecule has 0 heterocycles. The Bertz CT molecular complexity index is 268. The molecule has 0 aliphatic heterocycles. The second-order valence-corrected chi connectivity index (χ2v) is 5.84. The lowest BCUT2D eigenvalue weighted by atomic mass is 10.00. The summed E-state index contributed by atoms with van der Waals surface area (Å²) in [6.07, 6.45) is 4.38. The van der Waals surface area contributed by atoms with Crippen LogP contribution in [0.2, 0.25) is 0 Å². The van der Waals surface area contributed by atoms with Crippen LogP contribution in [0.3, 0.4) is 0 Å². The Morgan fingerprint density at radius 2 is 1.87 bits per heavy atom. The summed E-state index contributed by atoms with van der Waals surface area (Å²) in [6, 6.07) is 0. The highest BCUT2D eigenvalue weighted by Gasteiger charge is 2.66. The van der Waals surface area contributed by atoms with Gasteiger partial charge in [0.25, 0.3) is 0 Å². The van der Waals surface area contributed by atoms with E-state index in [0.29, 0.717) is 18.3 Å². The summed E-state index contributed by atoms with van der Waals surface area (Å²) in [6.45, 7) is 4.34. The third kappa shape index (κ3) is 1.45. The maximum absolute atomic E-state index is 11.9. The largest absolute Gasteiger partial charge is 0.371 e. The maximum Gasteiger partial charge on any atom is 0.162 e. The molecule has 2 heteroatoms. The van der Waals surface area contributed by atoms with Crippen LogP contribution < -0.4 is 0 Å². The van der Waals surface area contributed by atoms with E-state index in [1.165, 1.54) is 19.3 Å². The lowest BCUT2D eigenvalue weighted by molar-refractivity contribution is -0.127. The van der Waals surface area contributed by atoms with E-state index >= 15 is 0 Å². The molecule has 3 fully saturated rings. The first-order valence-corrected chi connectivity index (χ1v) is 6.33. The molecule has 0 saturated heterocycles. The Balaban J connectivity index is 1.56. The molecule has 3 aliphatic carbocycles. The van der Waals surface area contributed by atoms with E-state index in [1.807, 2.05) is 13.8 Å². The number of hydrogen-bond acceptors (Lipinski definition) is 2. The summed E-state index contributed by atoms with van der Waals surface area (Å²) in [5, 5.41) is 0. The molecule has 3 aliphatic rings. The number of Topliss-reactive ketones (excluding diaryl/α,β-unsaturated/α-hetero) is 1. The first kappa shape index (κ1) is 9.83. The highest BCUT2D eigenvalue weighted by Crippen LogP contribution is 2.69. The molecular formula is C13H20O2. The number of ether oxygens (including phenoxy) is 1. The van der Waals surface area contributed by atoms with E-state index in [0.717, 1.165) is 23.7 Å². The van der Waals surface area contributed by atoms with E-state index < -0.39 is 0 Å². The van der Waals surface area contributed by atoms with E-state index in [2.05, 4.69) is 0 Å². The molecule has 0 radical (unpaired) electrons. The molecule has 84 valence electrons. The van der Waals surface area contributed by atoms with Crippen molar-refractivity contribution in [2.75, 3.05) is 6.61 Å². The minimum absolute atomic E-state index is 0.185. The summed E-state index contributed by atoms with van der Waals surface area (Å²) in [7, 11) is 0. The van der Waals surface area contributed by atoms with Crippen molar-refractivity contribution >= 4 is 5.78 Å². The van der Waals surface area contributed by atoms with Gasteiger partial charge in [0.1, 0.15) is 6.61 Å². The zero-order valence-corrected chi connectivity index (χ0v) is 9.61. The van der Waals surface area contributed by atoms with Crippen LogP contribution in [0, 0.1) is 29.6 Å². The highest BCUT2D eigenvalue weighted by atomic mass is 16.5. The van der Waals surface area contributed by atoms with Crippen LogP contribution in [0.4, 0.5) is 0 Å². The Labute approximate surface area is 91.4 Å². The highest BCUT2D eigenvalue weighted by molar-refractivity contribution is 5.86. The molecule has 3 saturated carbocycles. The van der Waals surface area contributed by atoms with E-state index in [1.54, 1.807) is 0 Å². The van der Waals surface area contributed by atoms with Gasteiger partial charge in [-0.15, -0.1) is 0 Å². The van der Waals surface area contributed by atoms with Gasteiger partial charge in [0.15, 0.2) is 5.78 Å². The number of ketones is 1. The Morgan fingerprint density at radius 1 is 1.27 bits per heavy atom. The average molecular weight is 208 g/mol. The fraction of sp³-hybridized carbons (Fsp3) is 0.923. The molecule has 0 amide bonds. The van der Waals surface area contributed by atoms with Gasteiger partial charge in [-0.3, -0.25) is 4.79 Å². The number of carbonyl (C=O) groups excluding carboxylic acids is 1. The van der Waals surface area contributed by atoms with Crippen LogP contribution in [0.5, 0.6) is 0 Å². The van der Waals surface area contributed by atoms with Gasteiger partial charge in [-0.05, 0) is 56.8 Å². The minimum atomic E-state index is 0.185. The third-order valence-electron chi connectivity index (χ3n) is 4.67. The fourth-order valence-electron chi connectivity index (χ4n) is 4.10. The Hall–Kier alpha value is -0.370. The number of rotatable bonds is 4. The predicted octanol–water partition coefficient (Wildman–Crippen LogP) is 2.27. The number of hydrogen-bond donors (Lipinski definition) is 0. The molecule has 4 unspecified atom stereocenters. The van der Waals surface area contributed by atoms with Gasteiger partial charge in [0.2, 0.25) is 0 Å². The van der Waals surface area contributed by atoms with Crippen molar-refractivity contribution in [3.63, 3.8) is 0 Å². The quantitative estimate of drug-likeness (QED) is 0.708. The van der Waals surface area contributed by atoms with Gasteiger partial charge >= 0.3 is 0 Å². The van der Waals surface area contributed by atoms with Crippen molar-refractivity contribution in [1.29, 1.82) is 0 Å². The second kappa shape index (κ2) is 3.31. The van der Waals surface area contributed by atoms with Crippen LogP contribution in [0.25, 0.3) is 0 Å². The van der Waals surface area contributed by atoms with Gasteiger partial charge < -0.3 is 4.74 Å². The second-order valence-electron chi connectivity index (χ2n) is 5.84. The van der Waals surface area contributed by atoms with Crippen LogP contribution in [0.15, 0.2) is 0 Å². The summed E-state index contributed by atoms with van der Waals surface area (Å²) >= 11 is 0. The maximum atomic E-state index is 11.9. The van der Waals surface area contributed by atoms with Gasteiger partial charge in [0.05, 0.1) is 6.10 Å². The molecule has 2 nitrogen and oxygen atoms in total. The monoisotopic (exact) mass is 208 g/mol. The van der Waals surface area contributed by atoms with Crippen molar-refractivity contribution in [3.8, 4) is 0 Å². The number of carbonyl (C=O) groups is 1. The van der Waals surface area contributed by atoms with E-state index in [4.69, 9.17) is 4.74 Å². The molecule has 2 bridgehead atoms. The van der Waals surface area contributed by atoms with Gasteiger partial charge in [-0.2, -0.15) is 0 Å². The lowest BCUT2D eigenvalue weighted by Crippen LogP contribution is -2.18. The van der Waals surface area contributed by atoms with Crippen LogP contribution >= 0.6 is 0 Å². The fourth-order valence-corrected chi connectivity index (χ4v) is 4.10. The first-order chi connectivity index (χ1) is 7.18. The van der Waals surface area contributed by atoms with Gasteiger partial charge in [-0.1, -0.05) is 0 Å². The van der Waals surface area contributed by atoms with Gasteiger partial charge in [0, 0.05) is 5.92 Å². The average Bonchev–Trinajstić information content (AvgIpc) is 2.64. The molecule has 0 spiro atoms. The summed E-state index contributed by atoms with van der Waals surface area (Å²) < 4.78 is 5.41. The molecule has 0 aromatic rings. The van der Waals surface area contributed by atoms with Crippen LogP contribution in [0.1, 0.15) is 33.1 Å². The molecular weight excluding hydrogens is 188 g/mol. The van der Waals surface area contributed by atoms with Crippen LogP contribution in [-0.2, 0) is 9.53 Å². The zero-order chi connectivity index (χ0) is 10.6. The van der Waals surface area contributed by atoms with Crippen molar-refractivity contribution in [1.82, 2.24) is 0 Å². The third-order valence-corrected chi connectivity index (χ3v) is 4.67. The van der Waals surface area contributed by atoms with Gasteiger partial charge in [-0.25, -0.2) is 0 Å². The Kier molecular flexibility index (Phi) is 2.17. The molecule has 15 heavy (non-hydrogen) atoms. The summed E-state index contributed by atoms with van der Waals surface area (Å²) in [5.41, 5.74) is 0. The van der Waals surface area contributed by atoms with E-state index in [-0.39, 0.29) is 6.10 Å². The van der Waals surface area contributed by atoms with E-state index in [9.17, 15) is 4.79 Å². The van der Waals surface area contributed by atoms with Crippen LogP contribution in [-0.4, -0.2) is 18.5 Å². The van der Waals surface area contributed by atoms with Crippen molar-refractivity contribution in [3.05, 3.63) is 0 Å². The molecule has 0 aromatic heterocycles. The summed E-state index contributed by atoms with van der Waals surface area (Å²) in [4.78, 5) is 11.9. The normalized spacial score (nSPS) is 45.9. The van der Waals surface area contributed by atoms with Crippen molar-refractivity contribution in [2.24, 2.45) is 29.6 Å². The molecule has 4 atom stereocenters. The van der Waals surface area contributed by atoms with Crippen molar-refractivity contribution in [2.45, 2.75) is 39.2 Å². The first-order valence-electron chi connectivity index (χ1n) is 6.33. The smallest absolute Gasteiger partial charge is 0.162 e.